The normalized spacial score (nSPS) is 44.3. The third-order valence-corrected chi connectivity index (χ3v) is 5.21. The summed E-state index contributed by atoms with van der Waals surface area (Å²) in [5.41, 5.74) is -0.525. The Hall–Kier alpha value is -0.410. The van der Waals surface area contributed by atoms with Gasteiger partial charge in [0.25, 0.3) is 0 Å². The van der Waals surface area contributed by atoms with Crippen molar-refractivity contribution in [1.29, 1.82) is 0 Å². The molecule has 0 unspecified atom stereocenters. The van der Waals surface area contributed by atoms with Crippen molar-refractivity contribution in [3.8, 4) is 0 Å². The van der Waals surface area contributed by atoms with Gasteiger partial charge in [0.05, 0.1) is 17.2 Å². The van der Waals surface area contributed by atoms with Crippen molar-refractivity contribution in [1.82, 2.24) is 4.90 Å². The predicted molar refractivity (Wildman–Crippen MR) is 70.5 cm³/mol. The highest BCUT2D eigenvalue weighted by Gasteiger charge is 2.60. The SMILES string of the molecule is CC1(C)O[C@]2(C)CC[C@H]1C(=O)[C@H]2N1CCCCC1. The zero-order chi connectivity index (χ0) is 13.0. The Morgan fingerprint density at radius 1 is 1.17 bits per heavy atom. The summed E-state index contributed by atoms with van der Waals surface area (Å²) in [4.78, 5) is 15.2. The Bertz CT molecular complexity index is 360. The summed E-state index contributed by atoms with van der Waals surface area (Å²) in [7, 11) is 0. The van der Waals surface area contributed by atoms with Gasteiger partial charge in [-0.05, 0) is 59.5 Å². The van der Waals surface area contributed by atoms with E-state index in [4.69, 9.17) is 4.74 Å². The average Bonchev–Trinajstić information content (AvgIpc) is 2.27. The van der Waals surface area contributed by atoms with E-state index in [0.29, 0.717) is 5.78 Å². The standard InChI is InChI=1S/C15H25NO2/c1-14(2)11-7-8-15(3,18-14)13(12(11)17)16-9-5-4-6-10-16/h11,13H,4-10H2,1-3H3/t11-,13+,15+/m0/s1. The van der Waals surface area contributed by atoms with Crippen LogP contribution in [0.2, 0.25) is 0 Å². The molecule has 0 aromatic carbocycles. The van der Waals surface area contributed by atoms with Gasteiger partial charge < -0.3 is 4.74 Å². The van der Waals surface area contributed by atoms with Crippen LogP contribution in [0.4, 0.5) is 0 Å². The monoisotopic (exact) mass is 251 g/mol. The zero-order valence-electron chi connectivity index (χ0n) is 11.9. The largest absolute Gasteiger partial charge is 0.367 e. The molecule has 4 aliphatic rings. The number of likely N-dealkylation sites (tertiary alicyclic amines) is 1. The van der Waals surface area contributed by atoms with Crippen molar-refractivity contribution in [3.63, 3.8) is 0 Å². The number of hydrogen-bond acceptors (Lipinski definition) is 3. The van der Waals surface area contributed by atoms with Gasteiger partial charge in [-0.25, -0.2) is 0 Å². The predicted octanol–water partition coefficient (Wildman–Crippen LogP) is 2.39. The number of piperidine rings is 1. The van der Waals surface area contributed by atoms with Crippen LogP contribution in [0.3, 0.4) is 0 Å². The van der Waals surface area contributed by atoms with Crippen LogP contribution in [0.1, 0.15) is 52.9 Å². The molecule has 3 atom stereocenters. The summed E-state index contributed by atoms with van der Waals surface area (Å²) in [6.45, 7) is 8.46. The molecule has 3 nitrogen and oxygen atoms in total. The molecule has 2 bridgehead atoms. The van der Waals surface area contributed by atoms with Crippen molar-refractivity contribution >= 4 is 5.78 Å². The molecule has 1 aliphatic carbocycles. The fourth-order valence-electron chi connectivity index (χ4n) is 4.41. The van der Waals surface area contributed by atoms with Gasteiger partial charge in [-0.15, -0.1) is 0 Å². The molecule has 102 valence electrons. The first-order valence-corrected chi connectivity index (χ1v) is 7.42. The Balaban J connectivity index is 1.89. The number of Topliss-reactive ketones (excluding diaryl/α,β-unsaturated/α-hetero) is 1. The van der Waals surface area contributed by atoms with Gasteiger partial charge in [-0.3, -0.25) is 9.69 Å². The van der Waals surface area contributed by atoms with Crippen LogP contribution in [-0.2, 0) is 9.53 Å². The quantitative estimate of drug-likeness (QED) is 0.716. The van der Waals surface area contributed by atoms with Crippen molar-refractivity contribution < 1.29 is 9.53 Å². The number of hydrogen-bond donors (Lipinski definition) is 0. The van der Waals surface area contributed by atoms with Crippen LogP contribution in [0.5, 0.6) is 0 Å². The minimum Gasteiger partial charge on any atom is -0.367 e. The van der Waals surface area contributed by atoms with Gasteiger partial charge in [0.2, 0.25) is 0 Å². The van der Waals surface area contributed by atoms with Crippen LogP contribution in [0, 0.1) is 5.92 Å². The van der Waals surface area contributed by atoms with E-state index in [1.807, 2.05) is 0 Å². The molecular formula is C15H25NO2. The summed E-state index contributed by atoms with van der Waals surface area (Å²) in [6, 6.07) is 0.0181. The molecule has 3 heterocycles. The van der Waals surface area contributed by atoms with Crippen LogP contribution < -0.4 is 0 Å². The number of ether oxygens (including phenoxy) is 1. The Morgan fingerprint density at radius 2 is 1.83 bits per heavy atom. The molecule has 3 saturated heterocycles. The van der Waals surface area contributed by atoms with E-state index >= 15 is 0 Å². The molecule has 0 aromatic rings. The van der Waals surface area contributed by atoms with Crippen molar-refractivity contribution in [2.75, 3.05) is 13.1 Å². The number of fused-ring (bicyclic) bond motifs is 3. The van der Waals surface area contributed by atoms with Crippen molar-refractivity contribution in [2.45, 2.75) is 70.1 Å². The molecule has 0 spiro atoms. The fourth-order valence-corrected chi connectivity index (χ4v) is 4.41. The Morgan fingerprint density at radius 3 is 2.39 bits per heavy atom. The molecule has 4 fully saturated rings. The second-order valence-electron chi connectivity index (χ2n) is 7.01. The fraction of sp³-hybridized carbons (Fsp3) is 0.933. The van der Waals surface area contributed by atoms with Crippen LogP contribution >= 0.6 is 0 Å². The van der Waals surface area contributed by atoms with E-state index in [1.165, 1.54) is 19.3 Å². The first kappa shape index (κ1) is 12.6. The second kappa shape index (κ2) is 4.04. The third kappa shape index (κ3) is 1.75. The first-order valence-electron chi connectivity index (χ1n) is 7.42. The van der Waals surface area contributed by atoms with Crippen LogP contribution in [-0.4, -0.2) is 41.0 Å². The number of ketones is 1. The van der Waals surface area contributed by atoms with Gasteiger partial charge in [0.1, 0.15) is 0 Å². The topological polar surface area (TPSA) is 29.5 Å². The van der Waals surface area contributed by atoms with E-state index in [-0.39, 0.29) is 23.2 Å². The Kier molecular flexibility index (Phi) is 2.83. The molecular weight excluding hydrogens is 226 g/mol. The summed E-state index contributed by atoms with van der Waals surface area (Å²) in [5.74, 6) is 0.549. The summed E-state index contributed by atoms with van der Waals surface area (Å²) in [5, 5.41) is 0. The molecule has 0 amide bonds. The minimum absolute atomic E-state index is 0.0181. The van der Waals surface area contributed by atoms with Gasteiger partial charge >= 0.3 is 0 Å². The summed E-state index contributed by atoms with van der Waals surface area (Å²) < 4.78 is 6.33. The first-order chi connectivity index (χ1) is 8.44. The van der Waals surface area contributed by atoms with E-state index in [9.17, 15) is 4.79 Å². The lowest BCUT2D eigenvalue weighted by molar-refractivity contribution is -0.245. The molecule has 0 N–H and O–H groups in total. The Labute approximate surface area is 110 Å². The number of rotatable bonds is 1. The minimum atomic E-state index is -0.267. The van der Waals surface area contributed by atoms with Gasteiger partial charge in [0, 0.05) is 5.92 Å². The van der Waals surface area contributed by atoms with Gasteiger partial charge in [-0.2, -0.15) is 0 Å². The third-order valence-electron chi connectivity index (χ3n) is 5.21. The van der Waals surface area contributed by atoms with E-state index in [2.05, 4.69) is 25.7 Å². The lowest BCUT2D eigenvalue weighted by Gasteiger charge is -2.59. The molecule has 0 radical (unpaired) electrons. The molecule has 1 saturated carbocycles. The number of carbonyl (C=O) groups excluding carboxylic acids is 1. The molecule has 18 heavy (non-hydrogen) atoms. The number of nitrogens with zero attached hydrogens (tertiary/aromatic N) is 1. The second-order valence-corrected chi connectivity index (χ2v) is 7.01. The smallest absolute Gasteiger partial charge is 0.158 e. The van der Waals surface area contributed by atoms with Gasteiger partial charge in [0.15, 0.2) is 5.78 Å². The lowest BCUT2D eigenvalue weighted by Crippen LogP contribution is -2.71. The average molecular weight is 251 g/mol. The maximum Gasteiger partial charge on any atom is 0.158 e. The molecule has 3 aliphatic heterocycles. The van der Waals surface area contributed by atoms with Crippen LogP contribution in [0.25, 0.3) is 0 Å². The maximum absolute atomic E-state index is 12.8. The van der Waals surface area contributed by atoms with Crippen LogP contribution in [0.15, 0.2) is 0 Å². The van der Waals surface area contributed by atoms with E-state index in [1.54, 1.807) is 0 Å². The lowest BCUT2D eigenvalue weighted by atomic mass is 9.64. The molecule has 4 rings (SSSR count). The highest BCUT2D eigenvalue weighted by atomic mass is 16.5. The summed E-state index contributed by atoms with van der Waals surface area (Å²) >= 11 is 0. The molecule has 0 aromatic heterocycles. The highest BCUT2D eigenvalue weighted by molar-refractivity contribution is 5.90. The maximum atomic E-state index is 12.8. The van der Waals surface area contributed by atoms with Crippen molar-refractivity contribution in [3.05, 3.63) is 0 Å². The van der Waals surface area contributed by atoms with E-state index < -0.39 is 0 Å². The van der Waals surface area contributed by atoms with Crippen molar-refractivity contribution in [2.24, 2.45) is 5.92 Å². The molecule has 3 heteroatoms. The summed E-state index contributed by atoms with van der Waals surface area (Å²) in [6.07, 6.45) is 5.81. The highest BCUT2D eigenvalue weighted by Crippen LogP contribution is 2.49. The van der Waals surface area contributed by atoms with Gasteiger partial charge in [-0.1, -0.05) is 6.42 Å². The van der Waals surface area contributed by atoms with E-state index in [0.717, 1.165) is 25.9 Å². The zero-order valence-corrected chi connectivity index (χ0v) is 11.9. The number of carbonyl (C=O) groups is 1.